The van der Waals surface area contributed by atoms with E-state index in [-0.39, 0.29) is 27.8 Å². The van der Waals surface area contributed by atoms with Crippen molar-refractivity contribution in [3.05, 3.63) is 80.3 Å². The molecule has 0 radical (unpaired) electrons. The maximum absolute atomic E-state index is 12.6. The molecular formula is C19H10Cl2N2O5. The zero-order chi connectivity index (χ0) is 19.8. The lowest BCUT2D eigenvalue weighted by Gasteiger charge is -2.12. The van der Waals surface area contributed by atoms with Gasteiger partial charge in [-0.05, 0) is 30.3 Å². The van der Waals surface area contributed by atoms with Gasteiger partial charge in [-0.25, -0.2) is 0 Å². The van der Waals surface area contributed by atoms with Gasteiger partial charge in [0, 0.05) is 11.1 Å². The molecule has 1 amide bonds. The molecule has 0 fully saturated rings. The Morgan fingerprint density at radius 2 is 1.82 bits per heavy atom. The van der Waals surface area contributed by atoms with E-state index in [1.165, 1.54) is 18.2 Å². The van der Waals surface area contributed by atoms with Gasteiger partial charge in [-0.1, -0.05) is 35.3 Å². The molecule has 3 aromatic carbocycles. The largest absolute Gasteiger partial charge is 0.455 e. The molecule has 0 aliphatic carbocycles. The molecule has 0 saturated carbocycles. The van der Waals surface area contributed by atoms with E-state index < -0.39 is 16.5 Å². The second-order valence-electron chi connectivity index (χ2n) is 5.80. The van der Waals surface area contributed by atoms with Gasteiger partial charge in [-0.2, -0.15) is 0 Å². The van der Waals surface area contributed by atoms with Crippen LogP contribution in [-0.2, 0) is 0 Å². The van der Waals surface area contributed by atoms with Gasteiger partial charge >= 0.3 is 0 Å². The van der Waals surface area contributed by atoms with Crippen molar-refractivity contribution >= 4 is 40.5 Å². The minimum atomic E-state index is -0.673. The molecule has 4 rings (SSSR count). The molecule has 9 heteroatoms. The van der Waals surface area contributed by atoms with E-state index in [2.05, 4.69) is 5.32 Å². The fourth-order valence-electron chi connectivity index (χ4n) is 2.73. The fraction of sp³-hybridized carbons (Fsp3) is 0. The summed E-state index contributed by atoms with van der Waals surface area (Å²) in [5.41, 5.74) is -0.250. The Hall–Kier alpha value is -3.29. The highest BCUT2D eigenvalue weighted by Crippen LogP contribution is 2.43. The second-order valence-corrected chi connectivity index (χ2v) is 6.65. The predicted molar refractivity (Wildman–Crippen MR) is 104 cm³/mol. The lowest BCUT2D eigenvalue weighted by Crippen LogP contribution is -2.13. The number of hydrogen-bond acceptors (Lipinski definition) is 5. The molecule has 0 unspecified atom stereocenters. The summed E-state index contributed by atoms with van der Waals surface area (Å²) in [6.07, 6.45) is 0. The molecule has 1 heterocycles. The molecule has 0 saturated heterocycles. The number of hydrogen-bond donors (Lipinski definition) is 1. The smallest absolute Gasteiger partial charge is 0.289 e. The molecule has 3 aromatic rings. The first-order chi connectivity index (χ1) is 13.4. The van der Waals surface area contributed by atoms with Crippen LogP contribution in [0.1, 0.15) is 10.4 Å². The van der Waals surface area contributed by atoms with Crippen molar-refractivity contribution < 1.29 is 19.2 Å². The summed E-state index contributed by atoms with van der Waals surface area (Å²) in [7, 11) is 0. The summed E-state index contributed by atoms with van der Waals surface area (Å²) in [6, 6.07) is 13.8. The third-order valence-corrected chi connectivity index (χ3v) is 4.49. The van der Waals surface area contributed by atoms with Crippen LogP contribution in [0.15, 0.2) is 54.6 Å². The Bertz CT molecular complexity index is 1130. The van der Waals surface area contributed by atoms with Crippen LogP contribution < -0.4 is 14.8 Å². The predicted octanol–water partition coefficient (Wildman–Crippen LogP) is 6.05. The summed E-state index contributed by atoms with van der Waals surface area (Å²) in [4.78, 5) is 23.5. The van der Waals surface area contributed by atoms with Crippen LogP contribution in [-0.4, -0.2) is 10.8 Å². The van der Waals surface area contributed by atoms with E-state index in [1.54, 1.807) is 30.3 Å². The van der Waals surface area contributed by atoms with Crippen LogP contribution in [0.2, 0.25) is 10.0 Å². The van der Waals surface area contributed by atoms with Gasteiger partial charge in [0.25, 0.3) is 11.6 Å². The summed E-state index contributed by atoms with van der Waals surface area (Å²) in [5.74, 6) is 0.0330. The fourth-order valence-corrected chi connectivity index (χ4v) is 3.18. The maximum atomic E-state index is 12.6. The van der Waals surface area contributed by atoms with Crippen molar-refractivity contribution in [2.24, 2.45) is 0 Å². The first-order valence-electron chi connectivity index (χ1n) is 7.96. The summed E-state index contributed by atoms with van der Waals surface area (Å²) >= 11 is 12.0. The summed E-state index contributed by atoms with van der Waals surface area (Å²) < 4.78 is 11.4. The van der Waals surface area contributed by atoms with Crippen molar-refractivity contribution in [2.45, 2.75) is 0 Å². The monoisotopic (exact) mass is 416 g/mol. The van der Waals surface area contributed by atoms with Crippen LogP contribution >= 0.6 is 23.2 Å². The Balaban J connectivity index is 1.83. The van der Waals surface area contributed by atoms with Crippen molar-refractivity contribution in [3.8, 4) is 23.0 Å². The Morgan fingerprint density at radius 1 is 1.04 bits per heavy atom. The van der Waals surface area contributed by atoms with E-state index in [9.17, 15) is 14.9 Å². The minimum Gasteiger partial charge on any atom is -0.455 e. The van der Waals surface area contributed by atoms with Gasteiger partial charge in [0.15, 0.2) is 17.1 Å². The zero-order valence-corrected chi connectivity index (χ0v) is 15.5. The molecule has 28 heavy (non-hydrogen) atoms. The van der Waals surface area contributed by atoms with E-state index in [0.29, 0.717) is 16.5 Å². The summed E-state index contributed by atoms with van der Waals surface area (Å²) in [6.45, 7) is 0. The number of carbonyl (C=O) groups is 1. The maximum Gasteiger partial charge on any atom is 0.289 e. The number of nitrogens with zero attached hydrogens (tertiary/aromatic N) is 1. The van der Waals surface area contributed by atoms with Gasteiger partial charge in [0.2, 0.25) is 0 Å². The van der Waals surface area contributed by atoms with Crippen LogP contribution in [0, 0.1) is 10.1 Å². The third-order valence-electron chi connectivity index (χ3n) is 3.96. The first kappa shape index (κ1) is 18.1. The van der Waals surface area contributed by atoms with Crippen molar-refractivity contribution in [1.29, 1.82) is 0 Å². The second kappa shape index (κ2) is 7.03. The number of carbonyl (C=O) groups excluding carboxylic acids is 1. The van der Waals surface area contributed by atoms with Gasteiger partial charge < -0.3 is 14.8 Å². The summed E-state index contributed by atoms with van der Waals surface area (Å²) in [5, 5.41) is 14.9. The van der Waals surface area contributed by atoms with Gasteiger partial charge in [0.05, 0.1) is 21.7 Å². The van der Waals surface area contributed by atoms with Crippen LogP contribution in [0.3, 0.4) is 0 Å². The first-order valence-corrected chi connectivity index (χ1v) is 8.71. The molecule has 1 aliphatic heterocycles. The molecule has 140 valence electrons. The number of nitrogens with one attached hydrogen (secondary N) is 1. The zero-order valence-electron chi connectivity index (χ0n) is 13.9. The van der Waals surface area contributed by atoms with Gasteiger partial charge in [-0.3, -0.25) is 14.9 Å². The van der Waals surface area contributed by atoms with Gasteiger partial charge in [-0.15, -0.1) is 0 Å². The average Bonchev–Trinajstić information content (AvgIpc) is 2.79. The molecule has 1 aliphatic rings. The number of amides is 1. The highest BCUT2D eigenvalue weighted by molar-refractivity contribution is 6.35. The van der Waals surface area contributed by atoms with E-state index in [0.717, 1.165) is 6.07 Å². The molecule has 0 spiro atoms. The van der Waals surface area contributed by atoms with E-state index in [1.807, 2.05) is 0 Å². The number of para-hydroxylation sites is 2. The quantitative estimate of drug-likeness (QED) is 0.414. The molecular weight excluding hydrogens is 407 g/mol. The number of nitro benzene ring substituents is 1. The Kier molecular flexibility index (Phi) is 4.54. The van der Waals surface area contributed by atoms with Crippen LogP contribution in [0.25, 0.3) is 0 Å². The van der Waals surface area contributed by atoms with Gasteiger partial charge in [0.1, 0.15) is 11.5 Å². The molecule has 0 aromatic heterocycles. The Morgan fingerprint density at radius 3 is 2.57 bits per heavy atom. The van der Waals surface area contributed by atoms with Crippen molar-refractivity contribution in [2.75, 3.05) is 5.32 Å². The molecule has 7 nitrogen and oxygen atoms in total. The normalized spacial score (nSPS) is 12.1. The lowest BCUT2D eigenvalue weighted by atomic mass is 10.1. The standard InChI is InChI=1S/C19H10Cl2N2O5/c20-10-5-6-15(12(21)7-10)27-11-8-14(23(25)26)18-17(9-11)28-16-4-2-1-3-13(16)22-19(18)24/h1-9H,(H,22,24). The van der Waals surface area contributed by atoms with Crippen LogP contribution in [0.4, 0.5) is 11.4 Å². The van der Waals surface area contributed by atoms with E-state index >= 15 is 0 Å². The number of ether oxygens (including phenoxy) is 2. The van der Waals surface area contributed by atoms with Crippen LogP contribution in [0.5, 0.6) is 23.0 Å². The number of halogens is 2. The SMILES string of the molecule is O=C1Nc2ccccc2Oc2cc(Oc3ccc(Cl)cc3Cl)cc([N+](=O)[O-])c21. The van der Waals surface area contributed by atoms with Crippen molar-refractivity contribution in [3.63, 3.8) is 0 Å². The topological polar surface area (TPSA) is 90.7 Å². The number of fused-ring (bicyclic) bond motifs is 2. The average molecular weight is 417 g/mol. The minimum absolute atomic E-state index is 0.00302. The highest BCUT2D eigenvalue weighted by Gasteiger charge is 2.31. The third kappa shape index (κ3) is 3.33. The number of anilines is 1. The lowest BCUT2D eigenvalue weighted by molar-refractivity contribution is -0.385. The molecule has 0 bridgehead atoms. The Labute approximate surface area is 168 Å². The highest BCUT2D eigenvalue weighted by atomic mass is 35.5. The van der Waals surface area contributed by atoms with E-state index in [4.69, 9.17) is 32.7 Å². The number of rotatable bonds is 3. The number of benzene rings is 3. The molecule has 0 atom stereocenters. The van der Waals surface area contributed by atoms with Crippen molar-refractivity contribution in [1.82, 2.24) is 0 Å². The number of nitro groups is 1. The molecule has 1 N–H and O–H groups in total.